The Morgan fingerprint density at radius 3 is 2.68 bits per heavy atom. The van der Waals surface area contributed by atoms with E-state index in [1.54, 1.807) is 0 Å². The normalized spacial score (nSPS) is 23.3. The molecule has 0 amide bonds. The fourth-order valence-corrected chi connectivity index (χ4v) is 5.68. The number of fused-ring (bicyclic) bond motifs is 3. The molecule has 0 spiro atoms. The van der Waals surface area contributed by atoms with Crippen molar-refractivity contribution in [1.82, 2.24) is 0 Å². The molecule has 3 rings (SSSR count). The van der Waals surface area contributed by atoms with E-state index in [0.29, 0.717) is 17.3 Å². The van der Waals surface area contributed by atoms with Crippen molar-refractivity contribution in [2.24, 2.45) is 5.92 Å². The SMILES string of the molecule is CCCCCc1cc2c(c(O[Si](C)(C)CCl)c1)[C@H]1C=C(C)CC[C@@H]1C(C)(C)O2. The lowest BCUT2D eigenvalue weighted by Gasteiger charge is -2.47. The summed E-state index contributed by atoms with van der Waals surface area (Å²) in [4.78, 5) is 0. The Morgan fingerprint density at radius 1 is 1.25 bits per heavy atom. The molecule has 0 bridgehead atoms. The van der Waals surface area contributed by atoms with Crippen molar-refractivity contribution in [1.29, 1.82) is 0 Å². The van der Waals surface area contributed by atoms with E-state index in [9.17, 15) is 0 Å². The lowest BCUT2D eigenvalue weighted by Crippen LogP contribution is -2.46. The van der Waals surface area contributed by atoms with E-state index < -0.39 is 8.32 Å². The van der Waals surface area contributed by atoms with Crippen LogP contribution in [0.25, 0.3) is 0 Å². The van der Waals surface area contributed by atoms with Crippen LogP contribution in [0.5, 0.6) is 11.5 Å². The first-order valence-electron chi connectivity index (χ1n) is 10.9. The maximum absolute atomic E-state index is 6.65. The van der Waals surface area contributed by atoms with Crippen molar-refractivity contribution in [2.45, 2.75) is 90.8 Å². The van der Waals surface area contributed by atoms with E-state index in [1.165, 1.54) is 42.4 Å². The van der Waals surface area contributed by atoms with Gasteiger partial charge in [-0.15, -0.1) is 11.6 Å². The Bertz CT molecular complexity index is 738. The number of halogens is 1. The third kappa shape index (κ3) is 4.62. The molecule has 4 heteroatoms. The number of unbranched alkanes of at least 4 members (excludes halogenated alkanes) is 2. The number of hydrogen-bond acceptors (Lipinski definition) is 2. The summed E-state index contributed by atoms with van der Waals surface area (Å²) >= 11 is 6.27. The van der Waals surface area contributed by atoms with Crippen molar-refractivity contribution in [3.8, 4) is 11.5 Å². The zero-order valence-corrected chi connectivity index (χ0v) is 20.3. The standard InChI is InChI=1S/C24H37ClO2Si/c1-7-8-9-10-18-14-21-23(22(15-18)27-28(5,6)16-25)19-13-17(2)11-12-20(19)24(3,4)26-21/h13-15,19-20H,7-12,16H2,1-6H3/t19-,20-/m0/s1. The van der Waals surface area contributed by atoms with E-state index in [0.717, 1.165) is 24.3 Å². The van der Waals surface area contributed by atoms with Crippen LogP contribution in [-0.4, -0.2) is 19.4 Å². The number of alkyl halides is 1. The molecule has 0 saturated carbocycles. The monoisotopic (exact) mass is 420 g/mol. The van der Waals surface area contributed by atoms with Crippen LogP contribution in [0.1, 0.15) is 76.8 Å². The molecular weight excluding hydrogens is 384 g/mol. The van der Waals surface area contributed by atoms with Gasteiger partial charge >= 0.3 is 0 Å². The number of allylic oxidation sites excluding steroid dienone is 2. The number of hydrogen-bond donors (Lipinski definition) is 0. The van der Waals surface area contributed by atoms with Gasteiger partial charge in [-0.25, -0.2) is 0 Å². The molecule has 28 heavy (non-hydrogen) atoms. The first-order chi connectivity index (χ1) is 13.2. The van der Waals surface area contributed by atoms with Gasteiger partial charge in [-0.1, -0.05) is 31.4 Å². The first kappa shape index (κ1) is 21.8. The predicted molar refractivity (Wildman–Crippen MR) is 122 cm³/mol. The van der Waals surface area contributed by atoms with E-state index in [1.807, 2.05) is 0 Å². The topological polar surface area (TPSA) is 18.5 Å². The number of benzene rings is 1. The summed E-state index contributed by atoms with van der Waals surface area (Å²) in [6.07, 6.45) is 9.58. The summed E-state index contributed by atoms with van der Waals surface area (Å²) in [5.41, 5.74) is 4.50. The van der Waals surface area contributed by atoms with Crippen LogP contribution in [0.15, 0.2) is 23.8 Å². The second-order valence-corrected chi connectivity index (χ2v) is 14.6. The second-order valence-electron chi connectivity index (χ2n) is 9.85. The van der Waals surface area contributed by atoms with Gasteiger partial charge in [-0.05, 0) is 77.2 Å². The van der Waals surface area contributed by atoms with Gasteiger partial charge < -0.3 is 9.16 Å². The zero-order valence-electron chi connectivity index (χ0n) is 18.5. The minimum Gasteiger partial charge on any atom is -0.543 e. The largest absolute Gasteiger partial charge is 0.543 e. The number of aryl methyl sites for hydroxylation is 1. The fraction of sp³-hybridized carbons (Fsp3) is 0.667. The van der Waals surface area contributed by atoms with Gasteiger partial charge in [0.15, 0.2) is 0 Å². The molecule has 1 aromatic rings. The quantitative estimate of drug-likeness (QED) is 0.198. The predicted octanol–water partition coefficient (Wildman–Crippen LogP) is 7.39. The molecule has 0 saturated heterocycles. The summed E-state index contributed by atoms with van der Waals surface area (Å²) in [7, 11) is -1.96. The highest BCUT2D eigenvalue weighted by Crippen LogP contribution is 2.54. The third-order valence-corrected chi connectivity index (χ3v) is 9.63. The summed E-state index contributed by atoms with van der Waals surface area (Å²) in [6.45, 7) is 13.4. The van der Waals surface area contributed by atoms with Gasteiger partial charge in [0, 0.05) is 17.4 Å². The summed E-state index contributed by atoms with van der Waals surface area (Å²) < 4.78 is 13.3. The molecule has 1 aromatic carbocycles. The lowest BCUT2D eigenvalue weighted by molar-refractivity contribution is 0.0110. The highest BCUT2D eigenvalue weighted by Gasteiger charge is 2.45. The molecule has 0 fully saturated rings. The van der Waals surface area contributed by atoms with Crippen molar-refractivity contribution in [2.75, 3.05) is 5.50 Å². The van der Waals surface area contributed by atoms with Gasteiger partial charge in [0.25, 0.3) is 8.32 Å². The number of rotatable bonds is 7. The Morgan fingerprint density at radius 2 is 2.00 bits per heavy atom. The summed E-state index contributed by atoms with van der Waals surface area (Å²) in [6, 6.07) is 4.56. The van der Waals surface area contributed by atoms with Gasteiger partial charge in [-0.3, -0.25) is 0 Å². The maximum Gasteiger partial charge on any atom is 0.259 e. The van der Waals surface area contributed by atoms with Crippen LogP contribution < -0.4 is 9.16 Å². The highest BCUT2D eigenvalue weighted by atomic mass is 35.5. The van der Waals surface area contributed by atoms with Crippen molar-refractivity contribution < 1.29 is 9.16 Å². The van der Waals surface area contributed by atoms with E-state index >= 15 is 0 Å². The molecule has 1 aliphatic heterocycles. The van der Waals surface area contributed by atoms with Gasteiger partial charge in [0.05, 0.1) is 5.50 Å². The van der Waals surface area contributed by atoms with Crippen molar-refractivity contribution in [3.63, 3.8) is 0 Å². The van der Waals surface area contributed by atoms with Gasteiger partial charge in [-0.2, -0.15) is 0 Å². The summed E-state index contributed by atoms with van der Waals surface area (Å²) in [5, 5.41) is 0. The Hall–Kier alpha value is -0.933. The second kappa shape index (κ2) is 8.43. The maximum atomic E-state index is 6.65. The third-order valence-electron chi connectivity index (χ3n) is 6.29. The van der Waals surface area contributed by atoms with Crippen molar-refractivity contribution in [3.05, 3.63) is 34.9 Å². The van der Waals surface area contributed by atoms with E-state index in [2.05, 4.69) is 59.0 Å². The van der Waals surface area contributed by atoms with Crippen molar-refractivity contribution >= 4 is 19.9 Å². The van der Waals surface area contributed by atoms with Gasteiger partial charge in [0.1, 0.15) is 17.1 Å². The van der Waals surface area contributed by atoms with Gasteiger partial charge in [0.2, 0.25) is 0 Å². The van der Waals surface area contributed by atoms with Crippen LogP contribution in [0.4, 0.5) is 0 Å². The van der Waals surface area contributed by atoms with Crippen LogP contribution in [0, 0.1) is 5.92 Å². The number of ether oxygens (including phenoxy) is 1. The molecule has 0 radical (unpaired) electrons. The molecule has 156 valence electrons. The minimum atomic E-state index is -1.96. The molecule has 2 nitrogen and oxygen atoms in total. The Kier molecular flexibility index (Phi) is 6.56. The first-order valence-corrected chi connectivity index (χ1v) is 14.6. The minimum absolute atomic E-state index is 0.159. The average molecular weight is 421 g/mol. The fourth-order valence-electron chi connectivity index (χ4n) is 4.69. The Labute approximate surface area is 177 Å². The van der Waals surface area contributed by atoms with Crippen LogP contribution in [0.2, 0.25) is 13.1 Å². The molecule has 1 heterocycles. The molecular formula is C24H37ClO2Si. The highest BCUT2D eigenvalue weighted by molar-refractivity contribution is 6.78. The summed E-state index contributed by atoms with van der Waals surface area (Å²) in [5.74, 6) is 2.91. The smallest absolute Gasteiger partial charge is 0.259 e. The molecule has 2 atom stereocenters. The average Bonchev–Trinajstić information content (AvgIpc) is 2.60. The van der Waals surface area contributed by atoms with E-state index in [4.69, 9.17) is 20.8 Å². The van der Waals surface area contributed by atoms with Crippen LogP contribution in [-0.2, 0) is 6.42 Å². The van der Waals surface area contributed by atoms with E-state index in [-0.39, 0.29) is 5.60 Å². The molecule has 0 unspecified atom stereocenters. The van der Waals surface area contributed by atoms with Crippen LogP contribution >= 0.6 is 11.6 Å². The Balaban J connectivity index is 2.09. The lowest BCUT2D eigenvalue weighted by atomic mass is 9.68. The molecule has 0 N–H and O–H groups in total. The molecule has 2 aliphatic rings. The molecule has 1 aliphatic carbocycles. The molecule has 0 aromatic heterocycles. The zero-order chi connectivity index (χ0) is 20.5. The van der Waals surface area contributed by atoms with Crippen LogP contribution in [0.3, 0.4) is 0 Å².